The first-order valence-electron chi connectivity index (χ1n) is 14.4. The Kier molecular flexibility index (Phi) is 13.6. The second-order valence-electron chi connectivity index (χ2n) is 11.1. The van der Waals surface area contributed by atoms with E-state index in [9.17, 15) is 0 Å². The third kappa shape index (κ3) is 8.95. The van der Waals surface area contributed by atoms with Gasteiger partial charge in [0.05, 0.1) is 0 Å². The van der Waals surface area contributed by atoms with Gasteiger partial charge < -0.3 is 0 Å². The molecule has 2 aromatic carbocycles. The highest BCUT2D eigenvalue weighted by atomic mass is 14.5. The smallest absolute Gasteiger partial charge is 0.00697 e. The van der Waals surface area contributed by atoms with Gasteiger partial charge in [0.15, 0.2) is 0 Å². The van der Waals surface area contributed by atoms with Crippen LogP contribution in [0.15, 0.2) is 93.1 Å². The van der Waals surface area contributed by atoms with Crippen molar-refractivity contribution in [3.63, 3.8) is 0 Å². The fraction of sp³-hybridized carbons (Fsp3) is 0.500. The van der Waals surface area contributed by atoms with Crippen LogP contribution in [-0.2, 0) is 12.8 Å². The molecule has 0 amide bonds. The summed E-state index contributed by atoms with van der Waals surface area (Å²) in [5.41, 5.74) is 5.37. The Balaban J connectivity index is 0.000000227. The molecule has 3 aliphatic carbocycles. The van der Waals surface area contributed by atoms with Crippen molar-refractivity contribution in [3.8, 4) is 0 Å². The van der Waals surface area contributed by atoms with Gasteiger partial charge in [-0.3, -0.25) is 0 Å². The molecule has 0 aliphatic heterocycles. The van der Waals surface area contributed by atoms with Crippen LogP contribution in [0.1, 0.15) is 81.4 Å². The van der Waals surface area contributed by atoms with Gasteiger partial charge in [-0.1, -0.05) is 111 Å². The predicted octanol–water partition coefficient (Wildman–Crippen LogP) is 10.6. The van der Waals surface area contributed by atoms with Crippen LogP contribution in [0.5, 0.6) is 0 Å². The molecule has 3 aliphatic rings. The molecule has 0 bridgehead atoms. The lowest BCUT2D eigenvalue weighted by molar-refractivity contribution is 0.148. The lowest BCUT2D eigenvalue weighted by Crippen LogP contribution is -2.26. The van der Waals surface area contributed by atoms with E-state index in [4.69, 9.17) is 0 Å². The van der Waals surface area contributed by atoms with E-state index in [1.165, 1.54) is 41.5 Å². The van der Waals surface area contributed by atoms with Gasteiger partial charge in [0, 0.05) is 0 Å². The molecule has 2 aromatic rings. The van der Waals surface area contributed by atoms with Gasteiger partial charge in [0.2, 0.25) is 0 Å². The van der Waals surface area contributed by atoms with E-state index in [0.717, 1.165) is 48.9 Å². The third-order valence-corrected chi connectivity index (χ3v) is 8.76. The minimum atomic E-state index is 0.993. The van der Waals surface area contributed by atoms with Crippen molar-refractivity contribution in [2.24, 2.45) is 29.6 Å². The van der Waals surface area contributed by atoms with Crippen LogP contribution in [0.25, 0.3) is 0 Å². The van der Waals surface area contributed by atoms with Crippen molar-refractivity contribution in [3.05, 3.63) is 110 Å². The first kappa shape index (κ1) is 29.9. The largest absolute Gasteiger partial charge is 0.106 e. The number of hydrogen-bond acceptors (Lipinski definition) is 0. The van der Waals surface area contributed by atoms with Crippen LogP contribution in [0, 0.1) is 36.5 Å². The predicted molar refractivity (Wildman–Crippen MR) is 161 cm³/mol. The molecule has 5 atom stereocenters. The summed E-state index contributed by atoms with van der Waals surface area (Å²) >= 11 is 0. The SMILES string of the molecule is C=C.C=C.C=C(CCc1ccccc1)Cc1ccc(C)cc1.CC1CCCC2C1CC1CCCCC12. The molecule has 3 saturated carbocycles. The molecule has 0 saturated heterocycles. The van der Waals surface area contributed by atoms with Crippen molar-refractivity contribution in [1.82, 2.24) is 0 Å². The Hall–Kier alpha value is -2.34. The highest BCUT2D eigenvalue weighted by Crippen LogP contribution is 2.55. The van der Waals surface area contributed by atoms with E-state index in [-0.39, 0.29) is 0 Å². The average Bonchev–Trinajstić information content (AvgIpc) is 3.32. The van der Waals surface area contributed by atoms with Gasteiger partial charge in [-0.15, -0.1) is 26.3 Å². The summed E-state index contributed by atoms with van der Waals surface area (Å²) in [7, 11) is 0. The van der Waals surface area contributed by atoms with Crippen molar-refractivity contribution in [2.75, 3.05) is 0 Å². The van der Waals surface area contributed by atoms with E-state index in [0.29, 0.717) is 0 Å². The minimum absolute atomic E-state index is 0.993. The van der Waals surface area contributed by atoms with E-state index in [1.807, 2.05) is 0 Å². The average molecular weight is 485 g/mol. The van der Waals surface area contributed by atoms with Crippen molar-refractivity contribution in [2.45, 2.75) is 84.5 Å². The summed E-state index contributed by atoms with van der Waals surface area (Å²) in [6.45, 7) is 20.8. The number of aryl methyl sites for hydroxylation is 2. The zero-order valence-electron chi connectivity index (χ0n) is 23.4. The zero-order chi connectivity index (χ0) is 26.3. The second-order valence-corrected chi connectivity index (χ2v) is 11.1. The van der Waals surface area contributed by atoms with Crippen LogP contribution >= 0.6 is 0 Å². The maximum atomic E-state index is 4.19. The number of allylic oxidation sites excluding steroid dienone is 1. The molecule has 3 fully saturated rings. The molecule has 5 rings (SSSR count). The number of hydrogen-bond donors (Lipinski definition) is 0. The molecular formula is C36H52. The summed E-state index contributed by atoms with van der Waals surface area (Å²) in [5.74, 6) is 5.66. The topological polar surface area (TPSA) is 0 Å². The molecule has 0 aromatic heterocycles. The van der Waals surface area contributed by atoms with Gasteiger partial charge in [0.1, 0.15) is 0 Å². The lowest BCUT2D eigenvalue weighted by Gasteiger charge is -2.35. The summed E-state index contributed by atoms with van der Waals surface area (Å²) in [4.78, 5) is 0. The van der Waals surface area contributed by atoms with Crippen LogP contribution < -0.4 is 0 Å². The van der Waals surface area contributed by atoms with Gasteiger partial charge in [-0.05, 0) is 86.2 Å². The van der Waals surface area contributed by atoms with Gasteiger partial charge in [0.25, 0.3) is 0 Å². The first-order valence-corrected chi connectivity index (χ1v) is 14.4. The van der Waals surface area contributed by atoms with Crippen LogP contribution in [0.3, 0.4) is 0 Å². The standard InChI is InChI=1S/C18H20.C14H24.2C2H4/c1-15-8-12-18(13-9-15)14-16(2)10-11-17-6-4-3-5-7-17;1-10-5-4-8-13-12-7-3-2-6-11(12)9-14(10)13;2*1-2/h3-9,12-13H,2,10-11,14H2,1H3;10-14H,2-9H2,1H3;2*1-2H2. The van der Waals surface area contributed by atoms with E-state index >= 15 is 0 Å². The molecule has 0 spiro atoms. The summed E-state index contributed by atoms with van der Waals surface area (Å²) in [6.07, 6.45) is 15.6. The Morgan fingerprint density at radius 3 is 2.06 bits per heavy atom. The Bertz CT molecular complexity index is 857. The van der Waals surface area contributed by atoms with E-state index in [2.05, 4.69) is 101 Å². The van der Waals surface area contributed by atoms with Gasteiger partial charge >= 0.3 is 0 Å². The van der Waals surface area contributed by atoms with E-state index in [1.54, 1.807) is 32.1 Å². The van der Waals surface area contributed by atoms with Gasteiger partial charge in [-0.2, -0.15) is 0 Å². The van der Waals surface area contributed by atoms with E-state index < -0.39 is 0 Å². The number of fused-ring (bicyclic) bond motifs is 3. The maximum Gasteiger partial charge on any atom is -0.00697 e. The lowest BCUT2D eigenvalue weighted by atomic mass is 9.70. The highest BCUT2D eigenvalue weighted by molar-refractivity contribution is 5.25. The third-order valence-electron chi connectivity index (χ3n) is 8.76. The molecule has 0 heteroatoms. The van der Waals surface area contributed by atoms with Crippen LogP contribution in [0.2, 0.25) is 0 Å². The minimum Gasteiger partial charge on any atom is -0.106 e. The summed E-state index contributed by atoms with van der Waals surface area (Å²) in [6, 6.07) is 19.3. The molecule has 0 heterocycles. The molecule has 0 N–H and O–H groups in total. The first-order chi connectivity index (χ1) is 17.6. The Morgan fingerprint density at radius 1 is 0.722 bits per heavy atom. The van der Waals surface area contributed by atoms with Crippen LogP contribution in [0.4, 0.5) is 0 Å². The second kappa shape index (κ2) is 16.4. The Morgan fingerprint density at radius 2 is 1.36 bits per heavy atom. The number of rotatable bonds is 5. The Labute approximate surface area is 223 Å². The maximum absolute atomic E-state index is 4.19. The molecule has 36 heavy (non-hydrogen) atoms. The summed E-state index contributed by atoms with van der Waals surface area (Å²) < 4.78 is 0. The fourth-order valence-corrected chi connectivity index (χ4v) is 6.96. The molecule has 0 nitrogen and oxygen atoms in total. The van der Waals surface area contributed by atoms with Crippen molar-refractivity contribution in [1.29, 1.82) is 0 Å². The van der Waals surface area contributed by atoms with Crippen molar-refractivity contribution < 1.29 is 0 Å². The fourth-order valence-electron chi connectivity index (χ4n) is 6.96. The molecule has 196 valence electrons. The van der Waals surface area contributed by atoms with Crippen LogP contribution in [-0.4, -0.2) is 0 Å². The normalized spacial score (nSPS) is 25.8. The monoisotopic (exact) mass is 484 g/mol. The molecule has 5 unspecified atom stereocenters. The van der Waals surface area contributed by atoms with Gasteiger partial charge in [-0.25, -0.2) is 0 Å². The quantitative estimate of drug-likeness (QED) is 0.370. The van der Waals surface area contributed by atoms with Crippen molar-refractivity contribution >= 4 is 0 Å². The molecule has 0 radical (unpaired) electrons. The number of benzene rings is 2. The highest BCUT2D eigenvalue weighted by Gasteiger charge is 2.46. The zero-order valence-corrected chi connectivity index (χ0v) is 23.4. The molecular weight excluding hydrogens is 432 g/mol. The summed E-state index contributed by atoms with van der Waals surface area (Å²) in [5, 5.41) is 0.